The van der Waals surface area contributed by atoms with Crippen molar-refractivity contribution < 1.29 is 9.47 Å². The van der Waals surface area contributed by atoms with Gasteiger partial charge in [-0.3, -0.25) is 0 Å². The Hall–Kier alpha value is -1.26. The largest absolute Gasteiger partial charge is 0.496 e. The van der Waals surface area contributed by atoms with E-state index >= 15 is 0 Å². The Kier molecular flexibility index (Phi) is 5.63. The van der Waals surface area contributed by atoms with Crippen molar-refractivity contribution in [2.75, 3.05) is 20.8 Å². The molecule has 4 nitrogen and oxygen atoms in total. The third kappa shape index (κ3) is 3.61. The summed E-state index contributed by atoms with van der Waals surface area (Å²) in [7, 11) is 3.36. The quantitative estimate of drug-likeness (QED) is 0.829. The molecule has 0 amide bonds. The lowest BCUT2D eigenvalue weighted by atomic mass is 9.98. The topological polar surface area (TPSA) is 56.5 Å². The van der Waals surface area contributed by atoms with Gasteiger partial charge in [0.2, 0.25) is 0 Å². The molecule has 0 radical (unpaired) electrons. The van der Waals surface area contributed by atoms with Gasteiger partial charge in [0.05, 0.1) is 14.2 Å². The number of methoxy groups -OCH3 is 2. The molecule has 0 aliphatic rings. The van der Waals surface area contributed by atoms with Gasteiger partial charge in [-0.25, -0.2) is 0 Å². The molecular formula is C15H26N2O2. The van der Waals surface area contributed by atoms with Gasteiger partial charge in [0.25, 0.3) is 0 Å². The van der Waals surface area contributed by atoms with Crippen molar-refractivity contribution in [3.8, 4) is 11.5 Å². The molecule has 1 rings (SSSR count). The number of ether oxygens (including phenoxy) is 2. The predicted molar refractivity (Wildman–Crippen MR) is 79.1 cm³/mol. The number of benzene rings is 1. The molecule has 0 saturated heterocycles. The summed E-state index contributed by atoms with van der Waals surface area (Å²) in [4.78, 5) is 0. The average molecular weight is 266 g/mol. The number of hydrogen-bond donors (Lipinski definition) is 2. The van der Waals surface area contributed by atoms with Gasteiger partial charge >= 0.3 is 0 Å². The van der Waals surface area contributed by atoms with E-state index in [0.717, 1.165) is 28.2 Å². The van der Waals surface area contributed by atoms with Crippen LogP contribution in [0.4, 0.5) is 0 Å². The Balaban J connectivity index is 3.14. The Morgan fingerprint density at radius 3 is 2.26 bits per heavy atom. The normalized spacial score (nSPS) is 12.6. The van der Waals surface area contributed by atoms with E-state index in [2.05, 4.69) is 19.2 Å². The number of hydrogen-bond acceptors (Lipinski definition) is 4. The summed E-state index contributed by atoms with van der Waals surface area (Å²) < 4.78 is 10.9. The van der Waals surface area contributed by atoms with Crippen LogP contribution in [0.25, 0.3) is 0 Å². The molecule has 3 N–H and O–H groups in total. The second-order valence-electron chi connectivity index (χ2n) is 5.12. The molecule has 0 fully saturated rings. The third-order valence-corrected chi connectivity index (χ3v) is 3.39. The molecule has 0 saturated carbocycles. The zero-order valence-electron chi connectivity index (χ0n) is 12.8. The van der Waals surface area contributed by atoms with Crippen molar-refractivity contribution >= 4 is 0 Å². The maximum Gasteiger partial charge on any atom is 0.127 e. The highest BCUT2D eigenvalue weighted by atomic mass is 16.5. The lowest BCUT2D eigenvalue weighted by Crippen LogP contribution is -2.32. The molecule has 0 aromatic heterocycles. The highest BCUT2D eigenvalue weighted by molar-refractivity contribution is 5.53. The van der Waals surface area contributed by atoms with Crippen molar-refractivity contribution in [3.05, 3.63) is 22.8 Å². The molecular weight excluding hydrogens is 240 g/mol. The minimum absolute atomic E-state index is 0.120. The summed E-state index contributed by atoms with van der Waals surface area (Å²) in [5.41, 5.74) is 9.42. The van der Waals surface area contributed by atoms with Crippen molar-refractivity contribution in [1.82, 2.24) is 5.32 Å². The average Bonchev–Trinajstić information content (AvgIpc) is 2.38. The van der Waals surface area contributed by atoms with Crippen LogP contribution in [0.1, 0.15) is 36.6 Å². The zero-order chi connectivity index (χ0) is 14.6. The molecule has 0 bridgehead atoms. The standard InChI is InChI=1S/C15H26N2O2/c1-9(2)17-8-13(16)12-7-14(18-5)10(3)11(4)15(12)19-6/h7,9,13,17H,8,16H2,1-6H3. The van der Waals surface area contributed by atoms with Gasteiger partial charge in [0.1, 0.15) is 11.5 Å². The smallest absolute Gasteiger partial charge is 0.127 e. The first-order valence-corrected chi connectivity index (χ1v) is 6.63. The van der Waals surface area contributed by atoms with E-state index in [-0.39, 0.29) is 6.04 Å². The van der Waals surface area contributed by atoms with Crippen LogP contribution in [0.2, 0.25) is 0 Å². The molecule has 1 unspecified atom stereocenters. The van der Waals surface area contributed by atoms with Crippen LogP contribution in [0, 0.1) is 13.8 Å². The maximum atomic E-state index is 6.26. The minimum Gasteiger partial charge on any atom is -0.496 e. The van der Waals surface area contributed by atoms with E-state index in [1.807, 2.05) is 19.9 Å². The van der Waals surface area contributed by atoms with E-state index in [1.165, 1.54) is 0 Å². The summed E-state index contributed by atoms with van der Waals surface area (Å²) in [5, 5.41) is 3.35. The fourth-order valence-electron chi connectivity index (χ4n) is 2.12. The summed E-state index contributed by atoms with van der Waals surface area (Å²) in [6.45, 7) is 8.97. The molecule has 1 aromatic carbocycles. The van der Waals surface area contributed by atoms with Gasteiger partial charge in [-0.15, -0.1) is 0 Å². The first kappa shape index (κ1) is 15.8. The van der Waals surface area contributed by atoms with E-state index < -0.39 is 0 Å². The van der Waals surface area contributed by atoms with Gasteiger partial charge in [-0.1, -0.05) is 13.8 Å². The van der Waals surface area contributed by atoms with Crippen molar-refractivity contribution in [1.29, 1.82) is 0 Å². The van der Waals surface area contributed by atoms with Crippen LogP contribution in [0.3, 0.4) is 0 Å². The fraction of sp³-hybridized carbons (Fsp3) is 0.600. The van der Waals surface area contributed by atoms with Gasteiger partial charge < -0.3 is 20.5 Å². The van der Waals surface area contributed by atoms with E-state index in [4.69, 9.17) is 15.2 Å². The van der Waals surface area contributed by atoms with Gasteiger partial charge in [-0.2, -0.15) is 0 Å². The van der Waals surface area contributed by atoms with Crippen LogP contribution in [0.5, 0.6) is 11.5 Å². The first-order chi connectivity index (χ1) is 8.92. The predicted octanol–water partition coefficient (Wildman–Crippen LogP) is 2.32. The zero-order valence-corrected chi connectivity index (χ0v) is 12.8. The molecule has 0 spiro atoms. The summed E-state index contributed by atoms with van der Waals surface area (Å²) in [6.07, 6.45) is 0. The van der Waals surface area contributed by atoms with Crippen molar-refractivity contribution in [2.45, 2.75) is 39.8 Å². The molecule has 4 heteroatoms. The third-order valence-electron chi connectivity index (χ3n) is 3.39. The van der Waals surface area contributed by atoms with Crippen LogP contribution in [-0.4, -0.2) is 26.8 Å². The number of rotatable bonds is 6. The molecule has 108 valence electrons. The van der Waals surface area contributed by atoms with Gasteiger partial charge in [-0.05, 0) is 31.0 Å². The second kappa shape index (κ2) is 6.78. The van der Waals surface area contributed by atoms with E-state index in [9.17, 15) is 0 Å². The molecule has 1 aromatic rings. The Bertz CT molecular complexity index is 431. The van der Waals surface area contributed by atoms with Gasteiger partial charge in [0, 0.05) is 24.2 Å². The van der Waals surface area contributed by atoms with Crippen LogP contribution < -0.4 is 20.5 Å². The monoisotopic (exact) mass is 266 g/mol. The maximum absolute atomic E-state index is 6.26. The fourth-order valence-corrected chi connectivity index (χ4v) is 2.12. The summed E-state index contributed by atoms with van der Waals surface area (Å²) in [5.74, 6) is 1.71. The van der Waals surface area contributed by atoms with E-state index in [0.29, 0.717) is 12.6 Å². The highest BCUT2D eigenvalue weighted by Gasteiger charge is 2.18. The van der Waals surface area contributed by atoms with Crippen molar-refractivity contribution in [3.63, 3.8) is 0 Å². The summed E-state index contributed by atoms with van der Waals surface area (Å²) >= 11 is 0. The number of nitrogens with two attached hydrogens (primary N) is 1. The molecule has 0 heterocycles. The van der Waals surface area contributed by atoms with Crippen molar-refractivity contribution in [2.24, 2.45) is 5.73 Å². The van der Waals surface area contributed by atoms with E-state index in [1.54, 1.807) is 14.2 Å². The molecule has 0 aliphatic heterocycles. The second-order valence-corrected chi connectivity index (χ2v) is 5.12. The Morgan fingerprint density at radius 2 is 1.79 bits per heavy atom. The lowest BCUT2D eigenvalue weighted by molar-refractivity contribution is 0.388. The lowest BCUT2D eigenvalue weighted by Gasteiger charge is -2.22. The SMILES string of the molecule is COc1cc(C(N)CNC(C)C)c(OC)c(C)c1C. The Labute approximate surface area is 116 Å². The molecule has 1 atom stereocenters. The van der Waals surface area contributed by atoms with Crippen LogP contribution in [-0.2, 0) is 0 Å². The molecule has 19 heavy (non-hydrogen) atoms. The Morgan fingerprint density at radius 1 is 1.16 bits per heavy atom. The van der Waals surface area contributed by atoms with Crippen LogP contribution >= 0.6 is 0 Å². The van der Waals surface area contributed by atoms with Gasteiger partial charge in [0.15, 0.2) is 0 Å². The summed E-state index contributed by atoms with van der Waals surface area (Å²) in [6, 6.07) is 2.27. The minimum atomic E-state index is -0.120. The van der Waals surface area contributed by atoms with Crippen LogP contribution in [0.15, 0.2) is 6.07 Å². The highest BCUT2D eigenvalue weighted by Crippen LogP contribution is 2.35. The first-order valence-electron chi connectivity index (χ1n) is 6.63. The number of nitrogens with one attached hydrogen (secondary N) is 1. The molecule has 0 aliphatic carbocycles.